The molecule has 0 fully saturated rings. The van der Waals surface area contributed by atoms with Crippen LogP contribution in [0.5, 0.6) is 0 Å². The predicted molar refractivity (Wildman–Crippen MR) is 73.5 cm³/mol. The third kappa shape index (κ3) is 2.10. The van der Waals surface area contributed by atoms with Crippen molar-refractivity contribution in [1.82, 2.24) is 15.0 Å². The Bertz CT molecular complexity index is 782. The number of nitrogens with zero attached hydrogens (tertiary/aromatic N) is 3. The zero-order chi connectivity index (χ0) is 13.4. The Kier molecular flexibility index (Phi) is 2.79. The van der Waals surface area contributed by atoms with E-state index in [9.17, 15) is 4.79 Å². The molecule has 0 atom stereocenters. The first-order valence-corrected chi connectivity index (χ1v) is 6.29. The molecule has 2 aromatic carbocycles. The Hall–Kier alpha value is -2.21. The summed E-state index contributed by atoms with van der Waals surface area (Å²) in [4.78, 5) is 10.9. The van der Waals surface area contributed by atoms with Crippen LogP contribution in [0.1, 0.15) is 10.4 Å². The van der Waals surface area contributed by atoms with Gasteiger partial charge in [-0.1, -0.05) is 27.2 Å². The molecule has 0 radical (unpaired) electrons. The average molecular weight is 318 g/mol. The highest BCUT2D eigenvalue weighted by Gasteiger charge is 2.10. The van der Waals surface area contributed by atoms with Crippen molar-refractivity contribution in [3.05, 3.63) is 52.5 Å². The van der Waals surface area contributed by atoms with Crippen LogP contribution in [0.2, 0.25) is 0 Å². The largest absolute Gasteiger partial charge is 0.478 e. The fourth-order valence-corrected chi connectivity index (χ4v) is 2.24. The second-order valence-corrected chi connectivity index (χ2v) is 4.91. The molecule has 0 spiro atoms. The fraction of sp³-hybridized carbons (Fsp3) is 0. The molecule has 0 unspecified atom stereocenters. The van der Waals surface area contributed by atoms with Crippen LogP contribution in [0.3, 0.4) is 0 Å². The Morgan fingerprint density at radius 1 is 1.21 bits per heavy atom. The smallest absolute Gasteiger partial charge is 0.335 e. The second kappa shape index (κ2) is 4.47. The molecule has 0 amide bonds. The topological polar surface area (TPSA) is 68.0 Å². The average Bonchev–Trinajstić information content (AvgIpc) is 2.81. The van der Waals surface area contributed by atoms with Gasteiger partial charge in [-0.25, -0.2) is 9.48 Å². The molecule has 0 saturated carbocycles. The molecule has 0 saturated heterocycles. The van der Waals surface area contributed by atoms with E-state index in [1.165, 1.54) is 6.07 Å². The van der Waals surface area contributed by atoms with Gasteiger partial charge in [0, 0.05) is 4.47 Å². The number of halogens is 1. The Balaban J connectivity index is 2.18. The molecule has 3 aromatic rings. The summed E-state index contributed by atoms with van der Waals surface area (Å²) in [7, 11) is 0. The molecule has 5 nitrogen and oxygen atoms in total. The number of aromatic carboxylic acids is 1. The predicted octanol–water partition coefficient (Wildman–Crippen LogP) is 2.88. The summed E-state index contributed by atoms with van der Waals surface area (Å²) in [6.45, 7) is 0. The second-order valence-electron chi connectivity index (χ2n) is 3.99. The van der Waals surface area contributed by atoms with Gasteiger partial charge in [-0.15, -0.1) is 5.10 Å². The summed E-state index contributed by atoms with van der Waals surface area (Å²) in [6.07, 6.45) is 0. The first-order valence-electron chi connectivity index (χ1n) is 5.50. The molecule has 6 heteroatoms. The van der Waals surface area contributed by atoms with Gasteiger partial charge in [0.1, 0.15) is 5.52 Å². The normalized spacial score (nSPS) is 10.8. The van der Waals surface area contributed by atoms with Gasteiger partial charge < -0.3 is 5.11 Å². The highest BCUT2D eigenvalue weighted by molar-refractivity contribution is 9.10. The van der Waals surface area contributed by atoms with Gasteiger partial charge in [0.15, 0.2) is 0 Å². The summed E-state index contributed by atoms with van der Waals surface area (Å²) in [5.74, 6) is -0.973. The Labute approximate surface area is 116 Å². The quantitative estimate of drug-likeness (QED) is 0.789. The van der Waals surface area contributed by atoms with E-state index in [2.05, 4.69) is 26.2 Å². The van der Waals surface area contributed by atoms with E-state index in [4.69, 9.17) is 5.11 Å². The van der Waals surface area contributed by atoms with Crippen molar-refractivity contribution in [3.8, 4) is 5.69 Å². The molecule has 1 heterocycles. The molecule has 3 rings (SSSR count). The molecule has 94 valence electrons. The number of hydrogen-bond acceptors (Lipinski definition) is 3. The minimum absolute atomic E-state index is 0.203. The molecular formula is C13H8BrN3O2. The Morgan fingerprint density at radius 3 is 2.79 bits per heavy atom. The van der Waals surface area contributed by atoms with Gasteiger partial charge in [0.2, 0.25) is 0 Å². The van der Waals surface area contributed by atoms with Crippen molar-refractivity contribution in [2.24, 2.45) is 0 Å². The van der Waals surface area contributed by atoms with Crippen molar-refractivity contribution < 1.29 is 9.90 Å². The Morgan fingerprint density at radius 2 is 2.05 bits per heavy atom. The lowest BCUT2D eigenvalue weighted by molar-refractivity contribution is 0.0697. The monoisotopic (exact) mass is 317 g/mol. The fourth-order valence-electron chi connectivity index (χ4n) is 1.86. The van der Waals surface area contributed by atoms with Crippen LogP contribution in [0.15, 0.2) is 46.9 Å². The standard InChI is InChI=1S/C13H8BrN3O2/c14-9-2-1-3-10(7-9)17-12-5-4-8(13(18)19)6-11(12)15-16-17/h1-7H,(H,18,19). The van der Waals surface area contributed by atoms with E-state index in [1.807, 2.05) is 24.3 Å². The molecule has 0 aliphatic heterocycles. The first-order chi connectivity index (χ1) is 9.15. The minimum Gasteiger partial charge on any atom is -0.478 e. The van der Waals surface area contributed by atoms with E-state index in [0.29, 0.717) is 5.52 Å². The van der Waals surface area contributed by atoms with E-state index < -0.39 is 5.97 Å². The van der Waals surface area contributed by atoms with Crippen molar-refractivity contribution in [2.45, 2.75) is 0 Å². The minimum atomic E-state index is -0.973. The number of benzene rings is 2. The lowest BCUT2D eigenvalue weighted by atomic mass is 10.2. The SMILES string of the molecule is O=C(O)c1ccc2c(c1)nnn2-c1cccc(Br)c1. The first kappa shape index (κ1) is 11.9. The summed E-state index contributed by atoms with van der Waals surface area (Å²) in [5, 5.41) is 17.0. The van der Waals surface area contributed by atoms with E-state index in [1.54, 1.807) is 16.8 Å². The highest BCUT2D eigenvalue weighted by atomic mass is 79.9. The van der Waals surface area contributed by atoms with Gasteiger partial charge >= 0.3 is 5.97 Å². The molecule has 19 heavy (non-hydrogen) atoms. The molecule has 1 N–H and O–H groups in total. The van der Waals surface area contributed by atoms with Crippen molar-refractivity contribution in [3.63, 3.8) is 0 Å². The van der Waals surface area contributed by atoms with Crippen molar-refractivity contribution in [1.29, 1.82) is 0 Å². The van der Waals surface area contributed by atoms with Crippen LogP contribution in [0.25, 0.3) is 16.7 Å². The van der Waals surface area contributed by atoms with Crippen LogP contribution in [0, 0.1) is 0 Å². The maximum Gasteiger partial charge on any atom is 0.335 e. The lowest BCUT2D eigenvalue weighted by Gasteiger charge is -2.02. The van der Waals surface area contributed by atoms with E-state index >= 15 is 0 Å². The summed E-state index contributed by atoms with van der Waals surface area (Å²) in [5.41, 5.74) is 2.39. The maximum atomic E-state index is 10.9. The van der Waals surface area contributed by atoms with Gasteiger partial charge in [-0.05, 0) is 36.4 Å². The zero-order valence-corrected chi connectivity index (χ0v) is 11.2. The molecule has 0 aliphatic rings. The zero-order valence-electron chi connectivity index (χ0n) is 9.62. The van der Waals surface area contributed by atoms with Gasteiger partial charge in [-0.3, -0.25) is 0 Å². The van der Waals surface area contributed by atoms with Crippen molar-refractivity contribution >= 4 is 32.9 Å². The highest BCUT2D eigenvalue weighted by Crippen LogP contribution is 2.20. The van der Waals surface area contributed by atoms with E-state index in [-0.39, 0.29) is 5.56 Å². The van der Waals surface area contributed by atoms with Crippen LogP contribution >= 0.6 is 15.9 Å². The number of carbonyl (C=O) groups is 1. The number of carboxylic acids is 1. The summed E-state index contributed by atoms with van der Waals surface area (Å²) < 4.78 is 2.61. The molecule has 0 aliphatic carbocycles. The number of carboxylic acid groups (broad SMARTS) is 1. The van der Waals surface area contributed by atoms with Crippen LogP contribution in [-0.2, 0) is 0 Å². The van der Waals surface area contributed by atoms with Crippen LogP contribution in [0.4, 0.5) is 0 Å². The third-order valence-electron chi connectivity index (χ3n) is 2.75. The number of aromatic nitrogens is 3. The van der Waals surface area contributed by atoms with Crippen LogP contribution in [-0.4, -0.2) is 26.1 Å². The van der Waals surface area contributed by atoms with Gasteiger partial charge in [0.25, 0.3) is 0 Å². The van der Waals surface area contributed by atoms with E-state index in [0.717, 1.165) is 15.7 Å². The van der Waals surface area contributed by atoms with Gasteiger partial charge in [-0.2, -0.15) is 0 Å². The van der Waals surface area contributed by atoms with Gasteiger partial charge in [0.05, 0.1) is 16.8 Å². The third-order valence-corrected chi connectivity index (χ3v) is 3.24. The summed E-state index contributed by atoms with van der Waals surface area (Å²) >= 11 is 3.40. The summed E-state index contributed by atoms with van der Waals surface area (Å²) in [6, 6.07) is 12.4. The molecular weight excluding hydrogens is 310 g/mol. The van der Waals surface area contributed by atoms with Crippen molar-refractivity contribution in [2.75, 3.05) is 0 Å². The molecule has 0 bridgehead atoms. The number of fused-ring (bicyclic) bond motifs is 1. The van der Waals surface area contributed by atoms with Crippen LogP contribution < -0.4 is 0 Å². The lowest BCUT2D eigenvalue weighted by Crippen LogP contribution is -1.97. The number of hydrogen-bond donors (Lipinski definition) is 1. The number of rotatable bonds is 2. The maximum absolute atomic E-state index is 10.9. The molecule has 1 aromatic heterocycles.